The van der Waals surface area contributed by atoms with Gasteiger partial charge in [-0.05, 0) is 43.7 Å². The molecule has 0 aliphatic rings. The summed E-state index contributed by atoms with van der Waals surface area (Å²) < 4.78 is 1.50. The van der Waals surface area contributed by atoms with Gasteiger partial charge >= 0.3 is 0 Å². The summed E-state index contributed by atoms with van der Waals surface area (Å²) in [5.41, 5.74) is 1.89. The highest BCUT2D eigenvalue weighted by Crippen LogP contribution is 2.17. The van der Waals surface area contributed by atoms with E-state index in [1.807, 2.05) is 19.9 Å². The summed E-state index contributed by atoms with van der Waals surface area (Å²) in [5.74, 6) is 0.293. The number of aromatic nitrogens is 3. The number of nitriles is 1. The van der Waals surface area contributed by atoms with Gasteiger partial charge in [0.2, 0.25) is 0 Å². The number of nitrogens with zero attached hydrogens (tertiary/aromatic N) is 3. The zero-order valence-electron chi connectivity index (χ0n) is 14.4. The highest BCUT2D eigenvalue weighted by atomic mass is 16.1. The highest BCUT2D eigenvalue weighted by molar-refractivity contribution is 5.94. The number of nitrogens with one attached hydrogen (secondary N) is 2. The summed E-state index contributed by atoms with van der Waals surface area (Å²) in [7, 11) is 0. The fourth-order valence-electron chi connectivity index (χ4n) is 2.45. The molecule has 26 heavy (non-hydrogen) atoms. The Hall–Kier alpha value is -3.66. The van der Waals surface area contributed by atoms with Crippen molar-refractivity contribution in [1.82, 2.24) is 20.1 Å². The molecule has 0 bridgehead atoms. The third-order valence-corrected chi connectivity index (χ3v) is 3.73. The maximum Gasteiger partial charge on any atom is 0.272 e. The zero-order valence-corrected chi connectivity index (χ0v) is 14.4. The van der Waals surface area contributed by atoms with Crippen molar-refractivity contribution in [3.8, 4) is 23.0 Å². The van der Waals surface area contributed by atoms with Gasteiger partial charge in [0, 0.05) is 18.4 Å². The standard InChI is InChI=1S/C19H17N5O2/c1-12(2)22-18(25)15-7-8-17(21-10-15)24-11-16(19(26)23-24)14-5-3-13(9-20)4-6-14/h3-8,10-12H,1-2H3,(H,22,25)(H,23,26). The minimum absolute atomic E-state index is 0.0398. The number of hydrogen-bond donors (Lipinski definition) is 2. The van der Waals surface area contributed by atoms with Gasteiger partial charge in [-0.25, -0.2) is 9.67 Å². The van der Waals surface area contributed by atoms with Gasteiger partial charge in [0.15, 0.2) is 5.82 Å². The average molecular weight is 347 g/mol. The molecule has 0 aliphatic heterocycles. The Labute approximate surface area is 149 Å². The van der Waals surface area contributed by atoms with Crippen molar-refractivity contribution in [3.63, 3.8) is 0 Å². The second kappa shape index (κ2) is 7.07. The predicted octanol–water partition coefficient (Wildman–Crippen LogP) is 2.24. The lowest BCUT2D eigenvalue weighted by Gasteiger charge is -2.08. The smallest absolute Gasteiger partial charge is 0.272 e. The van der Waals surface area contributed by atoms with E-state index in [1.54, 1.807) is 42.6 Å². The molecule has 7 nitrogen and oxygen atoms in total. The van der Waals surface area contributed by atoms with Gasteiger partial charge in [0.25, 0.3) is 11.5 Å². The molecule has 0 saturated carbocycles. The van der Waals surface area contributed by atoms with Gasteiger partial charge in [-0.3, -0.25) is 14.7 Å². The lowest BCUT2D eigenvalue weighted by Crippen LogP contribution is -2.30. The number of benzene rings is 1. The molecule has 2 N–H and O–H groups in total. The third kappa shape index (κ3) is 3.54. The lowest BCUT2D eigenvalue weighted by molar-refractivity contribution is 0.0943. The lowest BCUT2D eigenvalue weighted by atomic mass is 10.1. The van der Waals surface area contributed by atoms with E-state index in [0.29, 0.717) is 28.1 Å². The zero-order chi connectivity index (χ0) is 18.7. The summed E-state index contributed by atoms with van der Waals surface area (Å²) >= 11 is 0. The number of carbonyl (C=O) groups is 1. The first-order valence-electron chi connectivity index (χ1n) is 8.07. The van der Waals surface area contributed by atoms with E-state index in [1.165, 1.54) is 10.9 Å². The molecule has 0 radical (unpaired) electrons. The first-order valence-corrected chi connectivity index (χ1v) is 8.07. The van der Waals surface area contributed by atoms with Crippen LogP contribution < -0.4 is 10.9 Å². The summed E-state index contributed by atoms with van der Waals surface area (Å²) in [6.45, 7) is 3.77. The summed E-state index contributed by atoms with van der Waals surface area (Å²) in [5, 5.41) is 14.4. The van der Waals surface area contributed by atoms with Crippen LogP contribution >= 0.6 is 0 Å². The number of amides is 1. The fraction of sp³-hybridized carbons (Fsp3) is 0.158. The largest absolute Gasteiger partial charge is 0.350 e. The molecule has 0 spiro atoms. The van der Waals surface area contributed by atoms with E-state index in [2.05, 4.69) is 15.4 Å². The molecule has 2 aromatic heterocycles. The van der Waals surface area contributed by atoms with Crippen LogP contribution in [0.15, 0.2) is 53.6 Å². The van der Waals surface area contributed by atoms with E-state index >= 15 is 0 Å². The number of rotatable bonds is 4. The number of carbonyl (C=O) groups excluding carboxylic acids is 1. The molecule has 1 aromatic carbocycles. The van der Waals surface area contributed by atoms with Crippen LogP contribution in [0.5, 0.6) is 0 Å². The van der Waals surface area contributed by atoms with Gasteiger partial charge in [0.05, 0.1) is 22.8 Å². The van der Waals surface area contributed by atoms with Crippen molar-refractivity contribution < 1.29 is 4.79 Å². The average Bonchev–Trinajstić information content (AvgIpc) is 3.03. The minimum atomic E-state index is -0.266. The van der Waals surface area contributed by atoms with Crippen LogP contribution in [0.1, 0.15) is 29.8 Å². The molecular weight excluding hydrogens is 330 g/mol. The molecule has 0 saturated heterocycles. The van der Waals surface area contributed by atoms with Gasteiger partial charge in [-0.15, -0.1) is 0 Å². The van der Waals surface area contributed by atoms with Gasteiger partial charge in [0.1, 0.15) is 0 Å². The maximum atomic E-state index is 12.2. The van der Waals surface area contributed by atoms with E-state index in [4.69, 9.17) is 5.26 Å². The molecule has 130 valence electrons. The van der Waals surface area contributed by atoms with Crippen LogP contribution in [0, 0.1) is 11.3 Å². The minimum Gasteiger partial charge on any atom is -0.350 e. The Morgan fingerprint density at radius 1 is 1.23 bits per heavy atom. The van der Waals surface area contributed by atoms with Crippen LogP contribution in [-0.2, 0) is 0 Å². The summed E-state index contributed by atoms with van der Waals surface area (Å²) in [6.07, 6.45) is 3.10. The first kappa shape index (κ1) is 17.2. The topological polar surface area (TPSA) is 104 Å². The molecule has 3 rings (SSSR count). The van der Waals surface area contributed by atoms with Crippen LogP contribution in [0.25, 0.3) is 16.9 Å². The Kier molecular flexibility index (Phi) is 4.67. The van der Waals surface area contributed by atoms with E-state index < -0.39 is 0 Å². The normalized spacial score (nSPS) is 10.5. The van der Waals surface area contributed by atoms with Crippen LogP contribution in [0.4, 0.5) is 0 Å². The van der Waals surface area contributed by atoms with Gasteiger partial charge < -0.3 is 5.32 Å². The Bertz CT molecular complexity index is 1020. The van der Waals surface area contributed by atoms with E-state index in [-0.39, 0.29) is 17.5 Å². The fourth-order valence-corrected chi connectivity index (χ4v) is 2.45. The molecule has 0 atom stereocenters. The molecule has 1 amide bonds. The Morgan fingerprint density at radius 2 is 1.96 bits per heavy atom. The number of H-pyrrole nitrogens is 1. The molecule has 7 heteroatoms. The molecule has 0 aliphatic carbocycles. The SMILES string of the molecule is CC(C)NC(=O)c1ccc(-n2cc(-c3ccc(C#N)cc3)c(=O)[nH]2)nc1. The number of aromatic amines is 1. The number of hydrogen-bond acceptors (Lipinski definition) is 4. The molecule has 0 fully saturated rings. The molecular formula is C19H17N5O2. The molecule has 0 unspecified atom stereocenters. The maximum absolute atomic E-state index is 12.2. The van der Waals surface area contributed by atoms with Crippen LogP contribution in [-0.4, -0.2) is 26.7 Å². The van der Waals surface area contributed by atoms with E-state index in [0.717, 1.165) is 0 Å². The van der Waals surface area contributed by atoms with Gasteiger partial charge in [-0.1, -0.05) is 12.1 Å². The molecule has 2 heterocycles. The number of pyridine rings is 1. The second-order valence-electron chi connectivity index (χ2n) is 6.08. The summed E-state index contributed by atoms with van der Waals surface area (Å²) in [6, 6.07) is 12.2. The van der Waals surface area contributed by atoms with Crippen LogP contribution in [0.3, 0.4) is 0 Å². The van der Waals surface area contributed by atoms with Crippen molar-refractivity contribution in [3.05, 3.63) is 70.3 Å². The van der Waals surface area contributed by atoms with Gasteiger partial charge in [-0.2, -0.15) is 5.26 Å². The van der Waals surface area contributed by atoms with Crippen molar-refractivity contribution >= 4 is 5.91 Å². The van der Waals surface area contributed by atoms with Crippen molar-refractivity contribution in [2.24, 2.45) is 0 Å². The summed E-state index contributed by atoms with van der Waals surface area (Å²) in [4.78, 5) is 28.4. The monoisotopic (exact) mass is 347 g/mol. The van der Waals surface area contributed by atoms with E-state index in [9.17, 15) is 9.59 Å². The predicted molar refractivity (Wildman–Crippen MR) is 96.9 cm³/mol. The first-order chi connectivity index (χ1) is 12.5. The second-order valence-corrected chi connectivity index (χ2v) is 6.08. The van der Waals surface area contributed by atoms with Crippen LogP contribution in [0.2, 0.25) is 0 Å². The Morgan fingerprint density at radius 3 is 2.54 bits per heavy atom. The Balaban J connectivity index is 1.88. The molecule has 3 aromatic rings. The quantitative estimate of drug-likeness (QED) is 0.755. The van der Waals surface area contributed by atoms with Crippen molar-refractivity contribution in [1.29, 1.82) is 5.26 Å². The van der Waals surface area contributed by atoms with Crippen molar-refractivity contribution in [2.75, 3.05) is 0 Å². The van der Waals surface area contributed by atoms with Crippen molar-refractivity contribution in [2.45, 2.75) is 19.9 Å². The highest BCUT2D eigenvalue weighted by Gasteiger charge is 2.11. The third-order valence-electron chi connectivity index (χ3n) is 3.73.